The van der Waals surface area contributed by atoms with Crippen molar-refractivity contribution in [1.29, 1.82) is 0 Å². The standard InChI is InChI=1S/C16H15F3N2O2/c1-3-23-15(22)12-7-11(20)6-9(2)14(12)10-4-5-13(21-8-10)16(17,18)19/h4-8H,3,20H2,1-2H3. The molecule has 0 unspecified atom stereocenters. The molecule has 1 heterocycles. The Morgan fingerprint density at radius 2 is 2.00 bits per heavy atom. The van der Waals surface area contributed by atoms with Gasteiger partial charge in [0, 0.05) is 23.0 Å². The maximum atomic E-state index is 12.6. The van der Waals surface area contributed by atoms with Crippen LogP contribution in [0.1, 0.15) is 28.5 Å². The van der Waals surface area contributed by atoms with Gasteiger partial charge in [0.15, 0.2) is 0 Å². The lowest BCUT2D eigenvalue weighted by atomic mass is 9.95. The molecule has 0 saturated carbocycles. The number of ether oxygens (including phenoxy) is 1. The van der Waals surface area contributed by atoms with Crippen LogP contribution < -0.4 is 5.73 Å². The van der Waals surface area contributed by atoms with E-state index in [0.29, 0.717) is 22.4 Å². The smallest absolute Gasteiger partial charge is 0.433 e. The number of carbonyl (C=O) groups excluding carboxylic acids is 1. The van der Waals surface area contributed by atoms with E-state index >= 15 is 0 Å². The number of rotatable bonds is 3. The summed E-state index contributed by atoms with van der Waals surface area (Å²) in [4.78, 5) is 15.5. The summed E-state index contributed by atoms with van der Waals surface area (Å²) in [5, 5.41) is 0. The minimum Gasteiger partial charge on any atom is -0.462 e. The van der Waals surface area contributed by atoms with Gasteiger partial charge in [-0.2, -0.15) is 13.2 Å². The average molecular weight is 324 g/mol. The van der Waals surface area contributed by atoms with Crippen LogP contribution in [0, 0.1) is 6.92 Å². The van der Waals surface area contributed by atoms with Crippen LogP contribution in [0.2, 0.25) is 0 Å². The van der Waals surface area contributed by atoms with Gasteiger partial charge >= 0.3 is 12.1 Å². The third kappa shape index (κ3) is 3.61. The average Bonchev–Trinajstić information content (AvgIpc) is 2.46. The number of nitrogen functional groups attached to an aromatic ring is 1. The highest BCUT2D eigenvalue weighted by molar-refractivity contribution is 5.99. The van der Waals surface area contributed by atoms with E-state index in [4.69, 9.17) is 10.5 Å². The van der Waals surface area contributed by atoms with E-state index in [1.54, 1.807) is 19.9 Å². The number of halogens is 3. The number of pyridine rings is 1. The van der Waals surface area contributed by atoms with E-state index in [-0.39, 0.29) is 12.2 Å². The molecule has 122 valence electrons. The number of hydrogen-bond donors (Lipinski definition) is 1. The summed E-state index contributed by atoms with van der Waals surface area (Å²) in [6.45, 7) is 3.56. The molecule has 0 bridgehead atoms. The topological polar surface area (TPSA) is 65.2 Å². The first kappa shape index (κ1) is 16.8. The van der Waals surface area contributed by atoms with Crippen molar-refractivity contribution in [2.75, 3.05) is 12.3 Å². The summed E-state index contributed by atoms with van der Waals surface area (Å²) >= 11 is 0. The zero-order valence-electron chi connectivity index (χ0n) is 12.6. The number of aryl methyl sites for hydroxylation is 1. The monoisotopic (exact) mass is 324 g/mol. The molecule has 2 aromatic rings. The minimum absolute atomic E-state index is 0.178. The Kier molecular flexibility index (Phi) is 4.58. The van der Waals surface area contributed by atoms with E-state index < -0.39 is 17.8 Å². The molecule has 7 heteroatoms. The Morgan fingerprint density at radius 3 is 2.52 bits per heavy atom. The first-order valence-corrected chi connectivity index (χ1v) is 6.85. The number of nitrogens with two attached hydrogens (primary N) is 1. The van der Waals surface area contributed by atoms with Crippen molar-refractivity contribution >= 4 is 11.7 Å². The molecule has 4 nitrogen and oxygen atoms in total. The van der Waals surface area contributed by atoms with Crippen molar-refractivity contribution in [2.45, 2.75) is 20.0 Å². The Morgan fingerprint density at radius 1 is 1.30 bits per heavy atom. The van der Waals surface area contributed by atoms with Gasteiger partial charge in [0.1, 0.15) is 5.69 Å². The zero-order chi connectivity index (χ0) is 17.2. The summed E-state index contributed by atoms with van der Waals surface area (Å²) in [7, 11) is 0. The Labute approximate surface area is 131 Å². The lowest BCUT2D eigenvalue weighted by Crippen LogP contribution is -2.10. The Hall–Kier alpha value is -2.57. The number of alkyl halides is 3. The third-order valence-corrected chi connectivity index (χ3v) is 3.20. The van der Waals surface area contributed by atoms with E-state index in [0.717, 1.165) is 12.3 Å². The number of benzene rings is 1. The maximum Gasteiger partial charge on any atom is 0.433 e. The van der Waals surface area contributed by atoms with Gasteiger partial charge in [-0.05, 0) is 37.6 Å². The second kappa shape index (κ2) is 6.28. The van der Waals surface area contributed by atoms with Gasteiger partial charge < -0.3 is 10.5 Å². The zero-order valence-corrected chi connectivity index (χ0v) is 12.6. The summed E-state index contributed by atoms with van der Waals surface area (Å²) in [5.41, 5.74) is 6.82. The third-order valence-electron chi connectivity index (χ3n) is 3.20. The Bertz CT molecular complexity index is 725. The lowest BCUT2D eigenvalue weighted by molar-refractivity contribution is -0.141. The van der Waals surface area contributed by atoms with Crippen molar-refractivity contribution in [2.24, 2.45) is 0 Å². The number of esters is 1. The van der Waals surface area contributed by atoms with Gasteiger partial charge in [0.2, 0.25) is 0 Å². The molecule has 0 aliphatic heterocycles. The summed E-state index contributed by atoms with van der Waals surface area (Å²) in [6.07, 6.45) is -3.43. The van der Waals surface area contributed by atoms with E-state index in [1.807, 2.05) is 0 Å². The van der Waals surface area contributed by atoms with Gasteiger partial charge in [-0.3, -0.25) is 4.98 Å². The molecule has 2 rings (SSSR count). The maximum absolute atomic E-state index is 12.6. The molecule has 0 saturated heterocycles. The number of carbonyl (C=O) groups is 1. The summed E-state index contributed by atoms with van der Waals surface area (Å²) < 4.78 is 42.8. The molecule has 0 fully saturated rings. The highest BCUT2D eigenvalue weighted by Crippen LogP contribution is 2.32. The van der Waals surface area contributed by atoms with Crippen LogP contribution in [0.5, 0.6) is 0 Å². The quantitative estimate of drug-likeness (QED) is 0.688. The fourth-order valence-corrected chi connectivity index (χ4v) is 2.28. The largest absolute Gasteiger partial charge is 0.462 e. The molecule has 23 heavy (non-hydrogen) atoms. The van der Waals surface area contributed by atoms with Crippen LogP contribution in [0.4, 0.5) is 18.9 Å². The molecule has 1 aromatic heterocycles. The van der Waals surface area contributed by atoms with E-state index in [9.17, 15) is 18.0 Å². The van der Waals surface area contributed by atoms with Crippen molar-refractivity contribution in [1.82, 2.24) is 4.98 Å². The number of anilines is 1. The first-order chi connectivity index (χ1) is 10.7. The fraction of sp³-hybridized carbons (Fsp3) is 0.250. The van der Waals surface area contributed by atoms with Crippen molar-refractivity contribution < 1.29 is 22.7 Å². The van der Waals surface area contributed by atoms with Crippen LogP contribution in [-0.4, -0.2) is 17.6 Å². The van der Waals surface area contributed by atoms with Gasteiger partial charge in [0.05, 0.1) is 12.2 Å². The van der Waals surface area contributed by atoms with Gasteiger partial charge in [-0.25, -0.2) is 4.79 Å². The molecule has 2 N–H and O–H groups in total. The highest BCUT2D eigenvalue weighted by atomic mass is 19.4. The Balaban J connectivity index is 2.56. The predicted octanol–water partition coefficient (Wildman–Crippen LogP) is 3.83. The molecule has 0 amide bonds. The lowest BCUT2D eigenvalue weighted by Gasteiger charge is -2.14. The first-order valence-electron chi connectivity index (χ1n) is 6.85. The van der Waals surface area contributed by atoms with Gasteiger partial charge in [-0.1, -0.05) is 6.07 Å². The van der Waals surface area contributed by atoms with Crippen molar-refractivity contribution in [3.8, 4) is 11.1 Å². The minimum atomic E-state index is -4.52. The molecule has 0 atom stereocenters. The predicted molar refractivity (Wildman–Crippen MR) is 79.8 cm³/mol. The van der Waals surface area contributed by atoms with Gasteiger partial charge in [0.25, 0.3) is 0 Å². The van der Waals surface area contributed by atoms with Crippen LogP contribution in [0.25, 0.3) is 11.1 Å². The number of nitrogens with zero attached hydrogens (tertiary/aromatic N) is 1. The molecule has 0 aliphatic rings. The molecular weight excluding hydrogens is 309 g/mol. The summed E-state index contributed by atoms with van der Waals surface area (Å²) in [5.74, 6) is -0.585. The number of hydrogen-bond acceptors (Lipinski definition) is 4. The van der Waals surface area contributed by atoms with Crippen LogP contribution in [-0.2, 0) is 10.9 Å². The summed E-state index contributed by atoms with van der Waals surface area (Å²) in [6, 6.07) is 5.23. The normalized spacial score (nSPS) is 11.3. The van der Waals surface area contributed by atoms with Crippen molar-refractivity contribution in [3.63, 3.8) is 0 Å². The van der Waals surface area contributed by atoms with Crippen LogP contribution >= 0.6 is 0 Å². The number of aromatic nitrogens is 1. The second-order valence-electron chi connectivity index (χ2n) is 4.91. The van der Waals surface area contributed by atoms with E-state index in [2.05, 4.69) is 4.98 Å². The van der Waals surface area contributed by atoms with Gasteiger partial charge in [-0.15, -0.1) is 0 Å². The molecule has 0 aliphatic carbocycles. The van der Waals surface area contributed by atoms with Crippen LogP contribution in [0.15, 0.2) is 30.5 Å². The highest BCUT2D eigenvalue weighted by Gasteiger charge is 2.32. The van der Waals surface area contributed by atoms with E-state index in [1.165, 1.54) is 12.1 Å². The molecule has 0 radical (unpaired) electrons. The van der Waals surface area contributed by atoms with Crippen LogP contribution in [0.3, 0.4) is 0 Å². The SMILES string of the molecule is CCOC(=O)c1cc(N)cc(C)c1-c1ccc(C(F)(F)F)nc1. The fourth-order valence-electron chi connectivity index (χ4n) is 2.28. The van der Waals surface area contributed by atoms with Crippen molar-refractivity contribution in [3.05, 3.63) is 47.3 Å². The molecule has 1 aromatic carbocycles. The molecule has 0 spiro atoms. The second-order valence-corrected chi connectivity index (χ2v) is 4.91. The molecular formula is C16H15F3N2O2.